The van der Waals surface area contributed by atoms with E-state index in [1.807, 2.05) is 25.1 Å². The summed E-state index contributed by atoms with van der Waals surface area (Å²) in [5, 5.41) is 0. The van der Waals surface area contributed by atoms with Crippen LogP contribution in [0.25, 0.3) is 0 Å². The summed E-state index contributed by atoms with van der Waals surface area (Å²) in [6.07, 6.45) is 2.53. The summed E-state index contributed by atoms with van der Waals surface area (Å²) in [6.45, 7) is 2.22. The minimum absolute atomic E-state index is 0.194. The van der Waals surface area contributed by atoms with Crippen LogP contribution in [0, 0.1) is 0 Å². The lowest BCUT2D eigenvalue weighted by molar-refractivity contribution is -0.145. The molecule has 2 rings (SSSR count). The molecule has 0 saturated carbocycles. The van der Waals surface area contributed by atoms with Gasteiger partial charge in [-0.1, -0.05) is 0 Å². The number of esters is 1. The molecule has 1 aromatic carbocycles. The molecular weight excluding hydrogens is 284 g/mol. The van der Waals surface area contributed by atoms with Crippen molar-refractivity contribution in [3.05, 3.63) is 23.8 Å². The monoisotopic (exact) mass is 308 g/mol. The molecule has 1 saturated heterocycles. The highest BCUT2D eigenvalue weighted by molar-refractivity contribution is 5.76. The number of hydrogen-bond donors (Lipinski definition) is 2. The fourth-order valence-corrected chi connectivity index (χ4v) is 2.56. The first-order valence-corrected chi connectivity index (χ1v) is 7.56. The number of carbonyl (C=O) groups excluding carboxylic acids is 1. The third kappa shape index (κ3) is 4.35. The normalized spacial score (nSPS) is 20.7. The Bertz CT molecular complexity index is 485. The van der Waals surface area contributed by atoms with Crippen LogP contribution in [0.5, 0.6) is 11.5 Å². The molecule has 1 aliphatic rings. The molecule has 1 aromatic rings. The second-order valence-electron chi connectivity index (χ2n) is 5.29. The van der Waals surface area contributed by atoms with Crippen LogP contribution in [-0.4, -0.2) is 38.9 Å². The number of ether oxygens (including phenoxy) is 3. The Morgan fingerprint density at radius 3 is 2.45 bits per heavy atom. The average molecular weight is 308 g/mol. The van der Waals surface area contributed by atoms with Gasteiger partial charge in [0.1, 0.15) is 17.5 Å². The Balaban J connectivity index is 1.87. The lowest BCUT2D eigenvalue weighted by Crippen LogP contribution is -2.38. The van der Waals surface area contributed by atoms with E-state index in [9.17, 15) is 4.79 Å². The number of rotatable bonds is 7. The smallest absolute Gasteiger partial charge is 0.324 e. The van der Waals surface area contributed by atoms with E-state index in [2.05, 4.69) is 10.9 Å². The van der Waals surface area contributed by atoms with Crippen molar-refractivity contribution in [2.75, 3.05) is 20.8 Å². The summed E-state index contributed by atoms with van der Waals surface area (Å²) in [5.41, 5.74) is 7.31. The van der Waals surface area contributed by atoms with Crippen LogP contribution in [0.4, 0.5) is 0 Å². The Kier molecular flexibility index (Phi) is 6.03. The van der Waals surface area contributed by atoms with E-state index in [1.54, 1.807) is 14.2 Å². The summed E-state index contributed by atoms with van der Waals surface area (Å²) in [7, 11) is 3.29. The quantitative estimate of drug-likeness (QED) is 0.743. The number of benzene rings is 1. The highest BCUT2D eigenvalue weighted by Gasteiger charge is 2.29. The standard InChI is InChI=1S/C16H24N2O4/c1-4-22-16(19)15-9-12(17-18-15)6-5-11-7-13(20-2)10-14(8-11)21-3/h7-8,10,12,15,17-18H,4-6,9H2,1-3H3. The third-order valence-electron chi connectivity index (χ3n) is 3.75. The van der Waals surface area contributed by atoms with Crippen LogP contribution < -0.4 is 20.3 Å². The van der Waals surface area contributed by atoms with Gasteiger partial charge >= 0.3 is 5.97 Å². The van der Waals surface area contributed by atoms with Crippen LogP contribution in [0.1, 0.15) is 25.3 Å². The van der Waals surface area contributed by atoms with E-state index in [4.69, 9.17) is 14.2 Å². The topological polar surface area (TPSA) is 68.8 Å². The molecule has 0 bridgehead atoms. The number of nitrogens with one attached hydrogen (secondary N) is 2. The van der Waals surface area contributed by atoms with Gasteiger partial charge in [0.2, 0.25) is 0 Å². The Labute approximate surface area is 131 Å². The third-order valence-corrected chi connectivity index (χ3v) is 3.75. The fraction of sp³-hybridized carbons (Fsp3) is 0.562. The van der Waals surface area contributed by atoms with Crippen molar-refractivity contribution in [1.29, 1.82) is 0 Å². The maximum Gasteiger partial charge on any atom is 0.324 e. The number of aryl methyl sites for hydroxylation is 1. The van der Waals surface area contributed by atoms with Crippen molar-refractivity contribution in [2.45, 2.75) is 38.3 Å². The predicted molar refractivity (Wildman–Crippen MR) is 83.0 cm³/mol. The van der Waals surface area contributed by atoms with Crippen LogP contribution >= 0.6 is 0 Å². The molecule has 2 atom stereocenters. The Morgan fingerprint density at radius 2 is 1.86 bits per heavy atom. The molecule has 2 unspecified atom stereocenters. The van der Waals surface area contributed by atoms with Crippen molar-refractivity contribution in [3.63, 3.8) is 0 Å². The highest BCUT2D eigenvalue weighted by atomic mass is 16.5. The summed E-state index contributed by atoms with van der Waals surface area (Å²) in [5.74, 6) is 1.38. The summed E-state index contributed by atoms with van der Waals surface area (Å²) >= 11 is 0. The summed E-state index contributed by atoms with van der Waals surface area (Å²) < 4.78 is 15.6. The second kappa shape index (κ2) is 8.00. The molecule has 2 N–H and O–H groups in total. The van der Waals surface area contributed by atoms with Crippen molar-refractivity contribution >= 4 is 5.97 Å². The zero-order valence-electron chi connectivity index (χ0n) is 13.3. The molecule has 0 radical (unpaired) electrons. The number of hydrazine groups is 1. The predicted octanol–water partition coefficient (Wildman–Crippen LogP) is 1.43. The SMILES string of the molecule is CCOC(=O)C1CC(CCc2cc(OC)cc(OC)c2)NN1. The highest BCUT2D eigenvalue weighted by Crippen LogP contribution is 2.24. The fourth-order valence-electron chi connectivity index (χ4n) is 2.56. The second-order valence-corrected chi connectivity index (χ2v) is 5.29. The first-order chi connectivity index (χ1) is 10.7. The molecule has 1 fully saturated rings. The van der Waals surface area contributed by atoms with E-state index in [0.717, 1.165) is 36.3 Å². The van der Waals surface area contributed by atoms with Crippen LogP contribution in [0.3, 0.4) is 0 Å². The van der Waals surface area contributed by atoms with Crippen molar-refractivity contribution in [1.82, 2.24) is 10.9 Å². The van der Waals surface area contributed by atoms with Gasteiger partial charge in [-0.25, -0.2) is 5.43 Å². The van der Waals surface area contributed by atoms with E-state index in [1.165, 1.54) is 0 Å². The molecule has 0 spiro atoms. The van der Waals surface area contributed by atoms with Gasteiger partial charge < -0.3 is 14.2 Å². The number of hydrogen-bond acceptors (Lipinski definition) is 6. The molecule has 0 aliphatic carbocycles. The average Bonchev–Trinajstić information content (AvgIpc) is 3.02. The van der Waals surface area contributed by atoms with Gasteiger partial charge in [0, 0.05) is 12.1 Å². The zero-order valence-corrected chi connectivity index (χ0v) is 13.3. The van der Waals surface area contributed by atoms with E-state index >= 15 is 0 Å². The molecule has 122 valence electrons. The van der Waals surface area contributed by atoms with Gasteiger partial charge in [-0.05, 0) is 43.9 Å². The first kappa shape index (κ1) is 16.6. The van der Waals surface area contributed by atoms with E-state index < -0.39 is 0 Å². The Morgan fingerprint density at radius 1 is 1.18 bits per heavy atom. The molecular formula is C16H24N2O4. The maximum atomic E-state index is 11.7. The largest absolute Gasteiger partial charge is 0.497 e. The molecule has 0 amide bonds. The first-order valence-electron chi connectivity index (χ1n) is 7.56. The van der Waals surface area contributed by atoms with Crippen molar-refractivity contribution < 1.29 is 19.0 Å². The van der Waals surface area contributed by atoms with Crippen molar-refractivity contribution in [2.24, 2.45) is 0 Å². The van der Waals surface area contributed by atoms with Crippen LogP contribution in [0.2, 0.25) is 0 Å². The molecule has 1 heterocycles. The van der Waals surface area contributed by atoms with Gasteiger partial charge in [-0.15, -0.1) is 0 Å². The number of carbonyl (C=O) groups is 1. The molecule has 6 heteroatoms. The van der Waals surface area contributed by atoms with Gasteiger partial charge in [0.25, 0.3) is 0 Å². The molecule has 1 aliphatic heterocycles. The van der Waals surface area contributed by atoms with E-state index in [-0.39, 0.29) is 18.1 Å². The maximum absolute atomic E-state index is 11.7. The molecule has 22 heavy (non-hydrogen) atoms. The minimum Gasteiger partial charge on any atom is -0.497 e. The van der Waals surface area contributed by atoms with Crippen molar-refractivity contribution in [3.8, 4) is 11.5 Å². The lowest BCUT2D eigenvalue weighted by atomic mass is 10.0. The van der Waals surface area contributed by atoms with Gasteiger partial charge in [0.15, 0.2) is 0 Å². The number of methoxy groups -OCH3 is 2. The summed E-state index contributed by atoms with van der Waals surface area (Å²) in [4.78, 5) is 11.7. The Hall–Kier alpha value is -1.79. The van der Waals surface area contributed by atoms with E-state index in [0.29, 0.717) is 6.61 Å². The minimum atomic E-state index is -0.259. The lowest BCUT2D eigenvalue weighted by Gasteiger charge is -2.11. The van der Waals surface area contributed by atoms with Crippen LogP contribution in [-0.2, 0) is 16.0 Å². The summed E-state index contributed by atoms with van der Waals surface area (Å²) in [6, 6.07) is 5.85. The zero-order chi connectivity index (χ0) is 15.9. The van der Waals surface area contributed by atoms with Gasteiger partial charge in [-0.2, -0.15) is 0 Å². The van der Waals surface area contributed by atoms with Gasteiger partial charge in [-0.3, -0.25) is 10.2 Å². The van der Waals surface area contributed by atoms with Crippen LogP contribution in [0.15, 0.2) is 18.2 Å². The molecule has 0 aromatic heterocycles. The molecule has 6 nitrogen and oxygen atoms in total. The van der Waals surface area contributed by atoms with Gasteiger partial charge in [0.05, 0.1) is 20.8 Å².